The van der Waals surface area contributed by atoms with E-state index in [9.17, 15) is 24.5 Å². The molecule has 4 aliphatic rings. The Hall–Kier alpha value is -3.59. The normalized spacial score (nSPS) is 29.5. The zero-order valence-corrected chi connectivity index (χ0v) is 18.9. The molecule has 0 aromatic heterocycles. The zero-order valence-electron chi connectivity index (χ0n) is 18.9. The van der Waals surface area contributed by atoms with Gasteiger partial charge in [0.25, 0.3) is 5.69 Å². The minimum absolute atomic E-state index is 0.149. The third kappa shape index (κ3) is 2.34. The van der Waals surface area contributed by atoms with Gasteiger partial charge in [0.2, 0.25) is 17.7 Å². The van der Waals surface area contributed by atoms with Crippen molar-refractivity contribution < 1.29 is 19.3 Å². The Labute approximate surface area is 195 Å². The molecule has 6 rings (SSSR count). The molecule has 4 aliphatic heterocycles. The fourth-order valence-corrected chi connectivity index (χ4v) is 6.76. The standard InChI is InChI=1S/C25H24N4O5/c1-3-14-9-10-16-15(12-14)25(24(32)26-16)21-20(19-8-5-11-27(19)25)22(30)28(23(21)31)17-6-4-7-18(13(17)2)29(33)34/h4,6-7,9-10,12,19-21H,3,5,8,11H2,1-2H3,(H,26,32)/t19-,20-,21+,25-/m1/s1. The van der Waals surface area contributed by atoms with E-state index in [4.69, 9.17) is 0 Å². The van der Waals surface area contributed by atoms with E-state index in [1.165, 1.54) is 12.1 Å². The average molecular weight is 460 g/mol. The van der Waals surface area contributed by atoms with Crippen LogP contribution in [0.2, 0.25) is 0 Å². The number of hydrogen-bond acceptors (Lipinski definition) is 6. The first kappa shape index (κ1) is 21.0. The molecule has 0 unspecified atom stereocenters. The largest absolute Gasteiger partial charge is 0.324 e. The summed E-state index contributed by atoms with van der Waals surface area (Å²) in [5.41, 5.74) is 1.58. The third-order valence-corrected chi connectivity index (χ3v) is 8.18. The number of aryl methyl sites for hydroxylation is 1. The van der Waals surface area contributed by atoms with Crippen LogP contribution in [0.5, 0.6) is 0 Å². The van der Waals surface area contributed by atoms with E-state index in [0.29, 0.717) is 12.2 Å². The van der Waals surface area contributed by atoms with Gasteiger partial charge in [0, 0.05) is 23.4 Å². The first-order chi connectivity index (χ1) is 16.3. The van der Waals surface area contributed by atoms with Gasteiger partial charge in [-0.05, 0) is 50.4 Å². The molecule has 0 bridgehead atoms. The summed E-state index contributed by atoms with van der Waals surface area (Å²) in [6.07, 6.45) is 2.34. The van der Waals surface area contributed by atoms with E-state index in [1.54, 1.807) is 13.0 Å². The lowest BCUT2D eigenvalue weighted by atomic mass is 9.75. The van der Waals surface area contributed by atoms with Crippen LogP contribution in [0.1, 0.15) is 36.5 Å². The quantitative estimate of drug-likeness (QED) is 0.428. The molecule has 3 fully saturated rings. The third-order valence-electron chi connectivity index (χ3n) is 8.18. The molecular formula is C25H24N4O5. The molecule has 3 saturated heterocycles. The van der Waals surface area contributed by atoms with Gasteiger partial charge in [0.15, 0.2) is 0 Å². The number of benzene rings is 2. The van der Waals surface area contributed by atoms with Crippen molar-refractivity contribution in [2.45, 2.75) is 44.7 Å². The SMILES string of the molecule is CCc1ccc2c(c1)[C@]1(C(=O)N2)[C@@H]2C(=O)N(c3cccc([N+](=O)[O-])c3C)C(=O)[C@@H]2[C@H]2CCCN21. The number of carbonyl (C=O) groups excluding carboxylic acids is 3. The van der Waals surface area contributed by atoms with E-state index in [-0.39, 0.29) is 34.8 Å². The van der Waals surface area contributed by atoms with Gasteiger partial charge in [-0.25, -0.2) is 4.90 Å². The summed E-state index contributed by atoms with van der Waals surface area (Å²) in [6, 6.07) is 10.0. The van der Waals surface area contributed by atoms with E-state index in [0.717, 1.165) is 35.3 Å². The number of nitrogens with zero attached hydrogens (tertiary/aromatic N) is 3. The molecule has 3 amide bonds. The molecule has 0 saturated carbocycles. The van der Waals surface area contributed by atoms with Gasteiger partial charge < -0.3 is 5.32 Å². The first-order valence-electron chi connectivity index (χ1n) is 11.7. The van der Waals surface area contributed by atoms with E-state index in [2.05, 4.69) is 10.2 Å². The van der Waals surface area contributed by atoms with Crippen molar-refractivity contribution in [2.75, 3.05) is 16.8 Å². The molecule has 34 heavy (non-hydrogen) atoms. The number of nitro groups is 1. The lowest BCUT2D eigenvalue weighted by Gasteiger charge is -2.37. The molecule has 4 atom stereocenters. The van der Waals surface area contributed by atoms with Crippen LogP contribution in [0.25, 0.3) is 0 Å². The van der Waals surface area contributed by atoms with Gasteiger partial charge in [-0.15, -0.1) is 0 Å². The highest BCUT2D eigenvalue weighted by Crippen LogP contribution is 2.61. The number of nitrogens with one attached hydrogen (secondary N) is 1. The maximum absolute atomic E-state index is 14.1. The summed E-state index contributed by atoms with van der Waals surface area (Å²) in [5.74, 6) is -2.65. The second-order valence-corrected chi connectivity index (χ2v) is 9.55. The second-order valence-electron chi connectivity index (χ2n) is 9.55. The summed E-state index contributed by atoms with van der Waals surface area (Å²) in [4.78, 5) is 55.8. The van der Waals surface area contributed by atoms with Crippen LogP contribution in [0.3, 0.4) is 0 Å². The maximum Gasteiger partial charge on any atom is 0.274 e. The molecule has 4 heterocycles. The van der Waals surface area contributed by atoms with Crippen molar-refractivity contribution in [3.05, 3.63) is 63.2 Å². The number of imide groups is 1. The number of nitro benzene ring substituents is 1. The summed E-state index contributed by atoms with van der Waals surface area (Å²) in [6.45, 7) is 4.22. The molecule has 9 heteroatoms. The number of carbonyl (C=O) groups is 3. The molecular weight excluding hydrogens is 436 g/mol. The lowest BCUT2D eigenvalue weighted by molar-refractivity contribution is -0.385. The van der Waals surface area contributed by atoms with Crippen LogP contribution in [-0.4, -0.2) is 40.1 Å². The highest BCUT2D eigenvalue weighted by Gasteiger charge is 2.74. The topological polar surface area (TPSA) is 113 Å². The maximum atomic E-state index is 14.1. The highest BCUT2D eigenvalue weighted by atomic mass is 16.6. The predicted octanol–water partition coefficient (Wildman–Crippen LogP) is 2.90. The fourth-order valence-electron chi connectivity index (χ4n) is 6.76. The Bertz CT molecular complexity index is 1310. The summed E-state index contributed by atoms with van der Waals surface area (Å²) >= 11 is 0. The van der Waals surface area contributed by atoms with Gasteiger partial charge in [-0.1, -0.05) is 25.1 Å². The molecule has 1 spiro atoms. The van der Waals surface area contributed by atoms with E-state index in [1.807, 2.05) is 25.1 Å². The van der Waals surface area contributed by atoms with E-state index < -0.39 is 28.2 Å². The van der Waals surface area contributed by atoms with Gasteiger partial charge in [-0.2, -0.15) is 0 Å². The molecule has 1 N–H and O–H groups in total. The smallest absolute Gasteiger partial charge is 0.274 e. The van der Waals surface area contributed by atoms with Gasteiger partial charge in [-0.3, -0.25) is 29.4 Å². The number of rotatable bonds is 3. The number of amides is 3. The average Bonchev–Trinajstić information content (AvgIpc) is 3.52. The summed E-state index contributed by atoms with van der Waals surface area (Å²) in [5, 5.41) is 14.5. The predicted molar refractivity (Wildman–Crippen MR) is 123 cm³/mol. The molecule has 174 valence electrons. The van der Waals surface area contributed by atoms with Crippen LogP contribution < -0.4 is 10.2 Å². The van der Waals surface area contributed by atoms with Crippen LogP contribution >= 0.6 is 0 Å². The monoisotopic (exact) mass is 460 g/mol. The number of fused-ring (bicyclic) bond motifs is 7. The lowest BCUT2D eigenvalue weighted by Crippen LogP contribution is -2.54. The van der Waals surface area contributed by atoms with Crippen molar-refractivity contribution in [3.63, 3.8) is 0 Å². The molecule has 2 aromatic carbocycles. The molecule has 9 nitrogen and oxygen atoms in total. The first-order valence-corrected chi connectivity index (χ1v) is 11.7. The van der Waals surface area contributed by atoms with Gasteiger partial charge >= 0.3 is 0 Å². The van der Waals surface area contributed by atoms with E-state index >= 15 is 0 Å². The molecule has 0 aliphatic carbocycles. The van der Waals surface area contributed by atoms with Crippen molar-refractivity contribution in [2.24, 2.45) is 11.8 Å². The minimum Gasteiger partial charge on any atom is -0.324 e. The van der Waals surface area contributed by atoms with Crippen molar-refractivity contribution in [1.82, 2.24) is 4.90 Å². The zero-order chi connectivity index (χ0) is 23.9. The Kier molecular flexibility index (Phi) is 4.29. The Morgan fingerprint density at radius 2 is 1.97 bits per heavy atom. The minimum atomic E-state index is -1.25. The van der Waals surface area contributed by atoms with Crippen LogP contribution in [0.15, 0.2) is 36.4 Å². The van der Waals surface area contributed by atoms with Crippen molar-refractivity contribution in [1.29, 1.82) is 0 Å². The molecule has 0 radical (unpaired) electrons. The summed E-state index contributed by atoms with van der Waals surface area (Å²) < 4.78 is 0. The summed E-state index contributed by atoms with van der Waals surface area (Å²) in [7, 11) is 0. The van der Waals surface area contributed by atoms with Gasteiger partial charge in [0.1, 0.15) is 5.54 Å². The fraction of sp³-hybridized carbons (Fsp3) is 0.400. The second kappa shape index (κ2) is 6.96. The van der Waals surface area contributed by atoms with Crippen LogP contribution in [-0.2, 0) is 26.3 Å². The Morgan fingerprint density at radius 1 is 1.18 bits per heavy atom. The molecule has 2 aromatic rings. The van der Waals surface area contributed by atoms with Gasteiger partial charge in [0.05, 0.1) is 28.0 Å². The Morgan fingerprint density at radius 3 is 2.71 bits per heavy atom. The van der Waals surface area contributed by atoms with Crippen molar-refractivity contribution in [3.8, 4) is 0 Å². The highest BCUT2D eigenvalue weighted by molar-refractivity contribution is 6.26. The van der Waals surface area contributed by atoms with Crippen molar-refractivity contribution >= 4 is 34.8 Å². The number of anilines is 2. The number of hydrogen-bond donors (Lipinski definition) is 1. The Balaban J connectivity index is 1.55. The van der Waals surface area contributed by atoms with Crippen LogP contribution in [0.4, 0.5) is 17.1 Å². The van der Waals surface area contributed by atoms with Crippen LogP contribution in [0, 0.1) is 28.9 Å².